The topological polar surface area (TPSA) is 76.0 Å². The second-order valence-corrected chi connectivity index (χ2v) is 9.41. The summed E-state index contributed by atoms with van der Waals surface area (Å²) in [5, 5.41) is 10.1. The Hall–Kier alpha value is -3.41. The molecule has 0 aliphatic carbocycles. The van der Waals surface area contributed by atoms with Crippen LogP contribution in [0.2, 0.25) is 10.0 Å². The molecule has 1 heterocycles. The molecule has 1 atom stereocenters. The Balaban J connectivity index is 1.79. The van der Waals surface area contributed by atoms with Gasteiger partial charge in [-0.1, -0.05) is 41.4 Å². The summed E-state index contributed by atoms with van der Waals surface area (Å²) in [6.45, 7) is 3.85. The van der Waals surface area contributed by atoms with Crippen LogP contribution in [0.4, 0.5) is 0 Å². The summed E-state index contributed by atoms with van der Waals surface area (Å²) in [7, 11) is 0. The van der Waals surface area contributed by atoms with Crippen molar-refractivity contribution >= 4 is 41.2 Å². The molecule has 0 amide bonds. The summed E-state index contributed by atoms with van der Waals surface area (Å²) in [5.74, 6) is -0.623. The standard InChI is InChI=1S/C28H23Cl2NO4/c1-17(2)35-25-10-7-19(18-5-3-6-20(13-18)27(33)34)14-21(25)16-28(11-4-12-31-28)26(32)23-9-8-22(29)15-24(23)30/h3-15,17H,16H2,1-2H3,(H,33,34). The van der Waals surface area contributed by atoms with Gasteiger partial charge in [-0.05, 0) is 85.2 Å². The molecule has 35 heavy (non-hydrogen) atoms. The van der Waals surface area contributed by atoms with Crippen LogP contribution >= 0.6 is 23.2 Å². The SMILES string of the molecule is CC(C)Oc1ccc(-c2cccc(C(=O)O)c2)cc1CC1(C(=O)c2ccc(Cl)cc2Cl)C=CC=N1. The molecule has 3 aromatic carbocycles. The van der Waals surface area contributed by atoms with E-state index < -0.39 is 11.5 Å². The number of halogens is 2. The van der Waals surface area contributed by atoms with E-state index in [9.17, 15) is 14.7 Å². The van der Waals surface area contributed by atoms with Gasteiger partial charge in [-0.25, -0.2) is 4.79 Å². The van der Waals surface area contributed by atoms with Crippen molar-refractivity contribution in [3.63, 3.8) is 0 Å². The predicted molar refractivity (Wildman–Crippen MR) is 139 cm³/mol. The van der Waals surface area contributed by atoms with Crippen LogP contribution in [0.15, 0.2) is 77.8 Å². The van der Waals surface area contributed by atoms with Crippen LogP contribution in [0.1, 0.15) is 40.1 Å². The molecule has 3 aromatic rings. The van der Waals surface area contributed by atoms with Gasteiger partial charge in [-0.15, -0.1) is 0 Å². The molecule has 1 unspecified atom stereocenters. The molecule has 0 aromatic heterocycles. The Morgan fingerprint density at radius 3 is 2.46 bits per heavy atom. The largest absolute Gasteiger partial charge is 0.491 e. The van der Waals surface area contributed by atoms with Crippen LogP contribution in [0.3, 0.4) is 0 Å². The molecule has 0 fully saturated rings. The summed E-state index contributed by atoms with van der Waals surface area (Å²) in [6, 6.07) is 17.1. The molecule has 1 aliphatic rings. The maximum atomic E-state index is 13.7. The van der Waals surface area contributed by atoms with Gasteiger partial charge in [0.1, 0.15) is 11.3 Å². The van der Waals surface area contributed by atoms with Gasteiger partial charge in [0.15, 0.2) is 5.78 Å². The zero-order valence-electron chi connectivity index (χ0n) is 19.2. The molecule has 0 saturated heterocycles. The van der Waals surface area contributed by atoms with Gasteiger partial charge in [0.05, 0.1) is 16.7 Å². The van der Waals surface area contributed by atoms with Crippen molar-refractivity contribution in [1.82, 2.24) is 0 Å². The molecule has 7 heteroatoms. The summed E-state index contributed by atoms with van der Waals surface area (Å²) in [6.07, 6.45) is 5.24. The lowest BCUT2D eigenvalue weighted by molar-refractivity contribution is 0.0696. The van der Waals surface area contributed by atoms with Crippen molar-refractivity contribution in [3.05, 3.63) is 99.6 Å². The van der Waals surface area contributed by atoms with Crippen LogP contribution < -0.4 is 4.74 Å². The highest BCUT2D eigenvalue weighted by Crippen LogP contribution is 2.36. The van der Waals surface area contributed by atoms with Crippen LogP contribution in [-0.2, 0) is 6.42 Å². The highest BCUT2D eigenvalue weighted by atomic mass is 35.5. The molecule has 0 radical (unpaired) electrons. The summed E-state index contributed by atoms with van der Waals surface area (Å²) in [4.78, 5) is 29.7. The molecule has 0 saturated carbocycles. The van der Waals surface area contributed by atoms with Crippen molar-refractivity contribution < 1.29 is 19.4 Å². The first-order valence-electron chi connectivity index (χ1n) is 11.0. The lowest BCUT2D eigenvalue weighted by Gasteiger charge is -2.26. The van der Waals surface area contributed by atoms with Crippen molar-refractivity contribution in [2.75, 3.05) is 0 Å². The zero-order valence-corrected chi connectivity index (χ0v) is 20.7. The number of carbonyl (C=O) groups excluding carboxylic acids is 1. The molecule has 178 valence electrons. The normalized spacial score (nSPS) is 16.6. The quantitative estimate of drug-likeness (QED) is 0.334. The number of carboxylic acid groups (broad SMARTS) is 1. The lowest BCUT2D eigenvalue weighted by atomic mass is 9.83. The first kappa shape index (κ1) is 24.7. The predicted octanol–water partition coefficient (Wildman–Crippen LogP) is 6.95. The number of allylic oxidation sites excluding steroid dienone is 1. The number of hydrogen-bond donors (Lipinski definition) is 1. The number of carbonyl (C=O) groups is 2. The van der Waals surface area contributed by atoms with Gasteiger partial charge in [-0.2, -0.15) is 0 Å². The van der Waals surface area contributed by atoms with Gasteiger partial charge in [0.25, 0.3) is 0 Å². The fraction of sp³-hybridized carbons (Fsp3) is 0.179. The average molecular weight is 508 g/mol. The minimum Gasteiger partial charge on any atom is -0.491 e. The van der Waals surface area contributed by atoms with E-state index in [-0.39, 0.29) is 28.9 Å². The molecular weight excluding hydrogens is 485 g/mol. The van der Waals surface area contributed by atoms with Crippen LogP contribution in [-0.4, -0.2) is 34.7 Å². The highest BCUT2D eigenvalue weighted by molar-refractivity contribution is 6.37. The minimum absolute atomic E-state index is 0.0880. The fourth-order valence-electron chi connectivity index (χ4n) is 4.04. The minimum atomic E-state index is -1.20. The van der Waals surface area contributed by atoms with E-state index in [1.165, 1.54) is 6.07 Å². The number of rotatable bonds is 8. The molecule has 0 spiro atoms. The monoisotopic (exact) mass is 507 g/mol. The Bertz CT molecular complexity index is 1350. The van der Waals surface area contributed by atoms with Crippen molar-refractivity contribution in [3.8, 4) is 16.9 Å². The van der Waals surface area contributed by atoms with E-state index in [1.807, 2.05) is 38.1 Å². The Kier molecular flexibility index (Phi) is 7.10. The molecule has 5 nitrogen and oxygen atoms in total. The smallest absolute Gasteiger partial charge is 0.335 e. The van der Waals surface area contributed by atoms with Gasteiger partial charge in [-0.3, -0.25) is 9.79 Å². The second-order valence-electron chi connectivity index (χ2n) is 8.57. The van der Waals surface area contributed by atoms with Gasteiger partial charge < -0.3 is 9.84 Å². The number of aromatic carboxylic acids is 1. The number of hydrogen-bond acceptors (Lipinski definition) is 4. The summed E-state index contributed by atoms with van der Waals surface area (Å²) >= 11 is 12.4. The zero-order chi connectivity index (χ0) is 25.2. The van der Waals surface area contributed by atoms with E-state index in [1.54, 1.807) is 48.7 Å². The Morgan fingerprint density at radius 1 is 1.03 bits per heavy atom. The number of ketones is 1. The number of benzene rings is 3. The first-order valence-corrected chi connectivity index (χ1v) is 11.8. The fourth-order valence-corrected chi connectivity index (χ4v) is 4.53. The van der Waals surface area contributed by atoms with Gasteiger partial charge in [0.2, 0.25) is 0 Å². The number of Topliss-reactive ketones (excluding diaryl/α,β-unsaturated/α-hetero) is 1. The number of nitrogens with zero attached hydrogens (tertiary/aromatic N) is 1. The highest BCUT2D eigenvalue weighted by Gasteiger charge is 2.39. The summed E-state index contributed by atoms with van der Waals surface area (Å²) in [5.41, 5.74) is 1.63. The van der Waals surface area contributed by atoms with Crippen LogP contribution in [0, 0.1) is 0 Å². The van der Waals surface area contributed by atoms with Crippen molar-refractivity contribution in [2.45, 2.75) is 31.9 Å². The molecule has 1 N–H and O–H groups in total. The Labute approximate surface area is 213 Å². The molecule has 0 bridgehead atoms. The number of aliphatic imine (C=N–C) groups is 1. The van der Waals surface area contributed by atoms with E-state index in [0.717, 1.165) is 16.7 Å². The summed E-state index contributed by atoms with van der Waals surface area (Å²) < 4.78 is 6.05. The van der Waals surface area contributed by atoms with Crippen LogP contribution in [0.25, 0.3) is 11.1 Å². The maximum Gasteiger partial charge on any atom is 0.335 e. The third kappa shape index (κ3) is 5.31. The van der Waals surface area contributed by atoms with E-state index in [0.29, 0.717) is 16.3 Å². The van der Waals surface area contributed by atoms with Crippen molar-refractivity contribution in [1.29, 1.82) is 0 Å². The Morgan fingerprint density at radius 2 is 1.80 bits per heavy atom. The molecule has 4 rings (SSSR count). The van der Waals surface area contributed by atoms with E-state index >= 15 is 0 Å². The second kappa shape index (κ2) is 10.1. The number of ether oxygens (including phenoxy) is 1. The lowest BCUT2D eigenvalue weighted by Crippen LogP contribution is -2.36. The molecule has 1 aliphatic heterocycles. The van der Waals surface area contributed by atoms with Gasteiger partial charge >= 0.3 is 5.97 Å². The van der Waals surface area contributed by atoms with Crippen molar-refractivity contribution in [2.24, 2.45) is 4.99 Å². The van der Waals surface area contributed by atoms with E-state index in [2.05, 4.69) is 4.99 Å². The first-order chi connectivity index (χ1) is 16.7. The maximum absolute atomic E-state index is 13.7. The number of carboxylic acids is 1. The molecular formula is C28H23Cl2NO4. The van der Waals surface area contributed by atoms with Crippen LogP contribution in [0.5, 0.6) is 5.75 Å². The third-order valence-electron chi connectivity index (χ3n) is 5.66. The average Bonchev–Trinajstić information content (AvgIpc) is 3.29. The van der Waals surface area contributed by atoms with Gasteiger partial charge in [0, 0.05) is 23.2 Å². The van der Waals surface area contributed by atoms with E-state index in [4.69, 9.17) is 27.9 Å². The third-order valence-corrected chi connectivity index (χ3v) is 6.21.